The Morgan fingerprint density at radius 1 is 1.15 bits per heavy atom. The van der Waals surface area contributed by atoms with Crippen LogP contribution >= 0.6 is 0 Å². The van der Waals surface area contributed by atoms with Crippen molar-refractivity contribution in [3.8, 4) is 11.8 Å². The molecular weight excluding hydrogens is 271 g/mol. The van der Waals surface area contributed by atoms with Crippen LogP contribution in [0.2, 0.25) is 0 Å². The number of aromatic nitrogens is 2. The maximum absolute atomic E-state index is 12.4. The van der Waals surface area contributed by atoms with Crippen molar-refractivity contribution >= 4 is 0 Å². The molecule has 1 aromatic heterocycles. The highest BCUT2D eigenvalue weighted by atomic mass is 19.4. The molecule has 4 nitrogen and oxygen atoms in total. The van der Waals surface area contributed by atoms with Crippen LogP contribution in [0.25, 0.3) is 0 Å². The summed E-state index contributed by atoms with van der Waals surface area (Å²) in [4.78, 5) is 8.08. The lowest BCUT2D eigenvalue weighted by molar-refractivity contribution is -0.137. The molecule has 0 spiro atoms. The van der Waals surface area contributed by atoms with Crippen LogP contribution in [0.15, 0.2) is 30.3 Å². The normalized spacial score (nSPS) is 11.4. The SMILES string of the molecule is Cc1cc(CN)nc(Oc2ccc(C(F)(F)F)cc2)n1. The Balaban J connectivity index is 2.20. The van der Waals surface area contributed by atoms with E-state index in [-0.39, 0.29) is 18.3 Å². The Bertz CT molecular complexity index is 597. The number of halogens is 3. The minimum Gasteiger partial charge on any atom is -0.424 e. The number of alkyl halides is 3. The van der Waals surface area contributed by atoms with Crippen LogP contribution in [0, 0.1) is 6.92 Å². The summed E-state index contributed by atoms with van der Waals surface area (Å²) < 4.78 is 42.6. The maximum Gasteiger partial charge on any atom is 0.416 e. The molecule has 2 N–H and O–H groups in total. The van der Waals surface area contributed by atoms with Gasteiger partial charge in [-0.25, -0.2) is 4.98 Å². The average molecular weight is 283 g/mol. The molecule has 2 aromatic rings. The fourth-order valence-electron chi connectivity index (χ4n) is 1.57. The molecule has 0 amide bonds. The van der Waals surface area contributed by atoms with Crippen LogP contribution in [0.1, 0.15) is 17.0 Å². The number of benzene rings is 1. The van der Waals surface area contributed by atoms with Gasteiger partial charge in [-0.15, -0.1) is 0 Å². The van der Waals surface area contributed by atoms with E-state index in [0.29, 0.717) is 11.4 Å². The largest absolute Gasteiger partial charge is 0.424 e. The fraction of sp³-hybridized carbons (Fsp3) is 0.231. The molecular formula is C13H12F3N3O. The highest BCUT2D eigenvalue weighted by Crippen LogP contribution is 2.30. The molecule has 0 atom stereocenters. The zero-order valence-corrected chi connectivity index (χ0v) is 10.6. The van der Waals surface area contributed by atoms with E-state index in [1.54, 1.807) is 13.0 Å². The van der Waals surface area contributed by atoms with Crippen molar-refractivity contribution in [2.24, 2.45) is 5.73 Å². The van der Waals surface area contributed by atoms with Crippen molar-refractivity contribution in [3.63, 3.8) is 0 Å². The predicted molar refractivity (Wildman–Crippen MR) is 66.2 cm³/mol. The molecule has 0 radical (unpaired) electrons. The molecule has 0 aliphatic rings. The molecule has 106 valence electrons. The van der Waals surface area contributed by atoms with E-state index < -0.39 is 11.7 Å². The highest BCUT2D eigenvalue weighted by molar-refractivity contribution is 5.30. The van der Waals surface area contributed by atoms with E-state index >= 15 is 0 Å². The summed E-state index contributed by atoms with van der Waals surface area (Å²) in [6.45, 7) is 1.98. The number of ether oxygens (including phenoxy) is 1. The van der Waals surface area contributed by atoms with Crippen LogP contribution in [-0.4, -0.2) is 9.97 Å². The minimum atomic E-state index is -4.37. The van der Waals surface area contributed by atoms with Gasteiger partial charge in [0.1, 0.15) is 5.75 Å². The third kappa shape index (κ3) is 3.45. The first-order valence-corrected chi connectivity index (χ1v) is 5.78. The molecule has 2 rings (SSSR count). The van der Waals surface area contributed by atoms with Gasteiger partial charge in [-0.05, 0) is 37.3 Å². The molecule has 20 heavy (non-hydrogen) atoms. The predicted octanol–water partition coefficient (Wildman–Crippen LogP) is 3.05. The van der Waals surface area contributed by atoms with E-state index in [1.807, 2.05) is 0 Å². The van der Waals surface area contributed by atoms with Gasteiger partial charge in [0, 0.05) is 12.2 Å². The molecule has 0 aliphatic heterocycles. The smallest absolute Gasteiger partial charge is 0.416 e. The number of nitrogens with zero attached hydrogens (tertiary/aromatic N) is 2. The van der Waals surface area contributed by atoms with Crippen molar-refractivity contribution in [3.05, 3.63) is 47.3 Å². The third-order valence-corrected chi connectivity index (χ3v) is 2.49. The molecule has 0 unspecified atom stereocenters. The Labute approximate surface area is 113 Å². The van der Waals surface area contributed by atoms with E-state index in [1.165, 1.54) is 12.1 Å². The zero-order chi connectivity index (χ0) is 14.8. The third-order valence-electron chi connectivity index (χ3n) is 2.49. The van der Waals surface area contributed by atoms with Gasteiger partial charge < -0.3 is 10.5 Å². The molecule has 0 saturated heterocycles. The fourth-order valence-corrected chi connectivity index (χ4v) is 1.57. The molecule has 7 heteroatoms. The lowest BCUT2D eigenvalue weighted by Gasteiger charge is -2.09. The summed E-state index contributed by atoms with van der Waals surface area (Å²) >= 11 is 0. The Morgan fingerprint density at radius 2 is 1.80 bits per heavy atom. The van der Waals surface area contributed by atoms with Crippen LogP contribution in [0.5, 0.6) is 11.8 Å². The van der Waals surface area contributed by atoms with E-state index in [0.717, 1.165) is 12.1 Å². The number of hydrogen-bond donors (Lipinski definition) is 1. The molecule has 0 aliphatic carbocycles. The summed E-state index contributed by atoms with van der Waals surface area (Å²) in [5.41, 5.74) is 6.01. The summed E-state index contributed by atoms with van der Waals surface area (Å²) in [5.74, 6) is 0.228. The number of hydrogen-bond acceptors (Lipinski definition) is 4. The van der Waals surface area contributed by atoms with E-state index in [4.69, 9.17) is 10.5 Å². The Kier molecular flexibility index (Phi) is 3.89. The van der Waals surface area contributed by atoms with E-state index in [9.17, 15) is 13.2 Å². The number of aryl methyl sites for hydroxylation is 1. The molecule has 1 aromatic carbocycles. The monoisotopic (exact) mass is 283 g/mol. The van der Waals surface area contributed by atoms with Gasteiger partial charge in [0.15, 0.2) is 0 Å². The second-order valence-electron chi connectivity index (χ2n) is 4.11. The summed E-state index contributed by atoms with van der Waals surface area (Å²) in [7, 11) is 0. The van der Waals surface area contributed by atoms with Gasteiger partial charge in [0.2, 0.25) is 0 Å². The second kappa shape index (κ2) is 5.46. The number of nitrogens with two attached hydrogens (primary N) is 1. The molecule has 0 saturated carbocycles. The Morgan fingerprint density at radius 3 is 2.35 bits per heavy atom. The number of rotatable bonds is 3. The highest BCUT2D eigenvalue weighted by Gasteiger charge is 2.30. The van der Waals surface area contributed by atoms with Crippen LogP contribution in [0.3, 0.4) is 0 Å². The van der Waals surface area contributed by atoms with Crippen molar-refractivity contribution in [1.82, 2.24) is 9.97 Å². The maximum atomic E-state index is 12.4. The van der Waals surface area contributed by atoms with Crippen molar-refractivity contribution in [2.45, 2.75) is 19.6 Å². The topological polar surface area (TPSA) is 61.0 Å². The van der Waals surface area contributed by atoms with E-state index in [2.05, 4.69) is 9.97 Å². The molecule has 1 heterocycles. The lowest BCUT2D eigenvalue weighted by Crippen LogP contribution is -2.05. The molecule has 0 fully saturated rings. The standard InChI is InChI=1S/C13H12F3N3O/c1-8-6-10(7-17)19-12(18-8)20-11-4-2-9(3-5-11)13(14,15)16/h2-6H,7,17H2,1H3. The van der Waals surface area contributed by atoms with Gasteiger partial charge in [-0.3, -0.25) is 0 Å². The molecule has 0 bridgehead atoms. The average Bonchev–Trinajstić information content (AvgIpc) is 2.37. The lowest BCUT2D eigenvalue weighted by atomic mass is 10.2. The van der Waals surface area contributed by atoms with Crippen LogP contribution in [-0.2, 0) is 12.7 Å². The Hall–Kier alpha value is -2.15. The first-order chi connectivity index (χ1) is 9.38. The van der Waals surface area contributed by atoms with Crippen molar-refractivity contribution in [2.75, 3.05) is 0 Å². The van der Waals surface area contributed by atoms with Gasteiger partial charge >= 0.3 is 12.2 Å². The van der Waals surface area contributed by atoms with Crippen LogP contribution < -0.4 is 10.5 Å². The van der Waals surface area contributed by atoms with Gasteiger partial charge in [-0.2, -0.15) is 18.2 Å². The first kappa shape index (κ1) is 14.3. The van der Waals surface area contributed by atoms with Crippen LogP contribution in [0.4, 0.5) is 13.2 Å². The second-order valence-corrected chi connectivity index (χ2v) is 4.11. The van der Waals surface area contributed by atoms with Gasteiger partial charge in [0.05, 0.1) is 11.3 Å². The van der Waals surface area contributed by atoms with Crippen molar-refractivity contribution < 1.29 is 17.9 Å². The van der Waals surface area contributed by atoms with Crippen molar-refractivity contribution in [1.29, 1.82) is 0 Å². The first-order valence-electron chi connectivity index (χ1n) is 5.78. The minimum absolute atomic E-state index is 0.0604. The summed E-state index contributed by atoms with van der Waals surface area (Å²) in [5, 5.41) is 0. The summed E-state index contributed by atoms with van der Waals surface area (Å²) in [6.07, 6.45) is -4.37. The van der Waals surface area contributed by atoms with Gasteiger partial charge in [0.25, 0.3) is 0 Å². The quantitative estimate of drug-likeness (QED) is 0.940. The summed E-state index contributed by atoms with van der Waals surface area (Å²) in [6, 6.07) is 6.09. The zero-order valence-electron chi connectivity index (χ0n) is 10.6. The van der Waals surface area contributed by atoms with Gasteiger partial charge in [-0.1, -0.05) is 0 Å².